The summed E-state index contributed by atoms with van der Waals surface area (Å²) in [6.07, 6.45) is 1.01. The van der Waals surface area contributed by atoms with Gasteiger partial charge in [0.25, 0.3) is 0 Å². The highest BCUT2D eigenvalue weighted by molar-refractivity contribution is 9.10. The van der Waals surface area contributed by atoms with Crippen LogP contribution in [0, 0.1) is 0 Å². The second-order valence-corrected chi connectivity index (χ2v) is 5.92. The number of rotatable bonds is 5. The van der Waals surface area contributed by atoms with Crippen LogP contribution in [0.2, 0.25) is 0 Å². The van der Waals surface area contributed by atoms with Crippen molar-refractivity contribution in [3.05, 3.63) is 34.3 Å². The number of halogens is 1. The van der Waals surface area contributed by atoms with E-state index in [0.29, 0.717) is 0 Å². The summed E-state index contributed by atoms with van der Waals surface area (Å²) < 4.78 is 1.17. The van der Waals surface area contributed by atoms with Crippen molar-refractivity contribution in [2.24, 2.45) is 5.73 Å². The van der Waals surface area contributed by atoms with E-state index >= 15 is 0 Å². The summed E-state index contributed by atoms with van der Waals surface area (Å²) in [6, 6.07) is 8.33. The van der Waals surface area contributed by atoms with Crippen LogP contribution in [0.5, 0.6) is 0 Å². The van der Waals surface area contributed by atoms with Gasteiger partial charge < -0.3 is 10.6 Å². The summed E-state index contributed by atoms with van der Waals surface area (Å²) in [5.41, 5.74) is 7.21. The van der Waals surface area contributed by atoms with Crippen molar-refractivity contribution in [2.45, 2.75) is 32.4 Å². The molecular formula is C13H21BrN2. The van der Waals surface area contributed by atoms with E-state index in [4.69, 9.17) is 5.73 Å². The van der Waals surface area contributed by atoms with Crippen LogP contribution in [0.1, 0.15) is 25.8 Å². The minimum absolute atomic E-state index is 0.0812. The molecule has 1 aromatic rings. The predicted octanol–water partition coefficient (Wildman–Crippen LogP) is 3.01. The predicted molar refractivity (Wildman–Crippen MR) is 73.4 cm³/mol. The average Bonchev–Trinajstić information content (AvgIpc) is 2.18. The molecule has 0 saturated heterocycles. The topological polar surface area (TPSA) is 29.3 Å². The molecule has 3 heteroatoms. The van der Waals surface area contributed by atoms with Crippen LogP contribution in [-0.4, -0.2) is 24.0 Å². The monoisotopic (exact) mass is 284 g/mol. The number of hydrogen-bond acceptors (Lipinski definition) is 2. The van der Waals surface area contributed by atoms with Crippen molar-refractivity contribution < 1.29 is 0 Å². The molecule has 0 aliphatic heterocycles. The highest BCUT2D eigenvalue weighted by atomic mass is 79.9. The molecule has 0 radical (unpaired) electrons. The van der Waals surface area contributed by atoms with Crippen LogP contribution >= 0.6 is 15.9 Å². The van der Waals surface area contributed by atoms with E-state index in [9.17, 15) is 0 Å². The van der Waals surface area contributed by atoms with Crippen LogP contribution in [0.3, 0.4) is 0 Å². The number of benzene rings is 1. The standard InChI is InChI=1S/C13H21BrN2/c1-13(2,15)8-9-16(3)10-11-6-4-5-7-12(11)14/h4-7H,8-10,15H2,1-3H3. The van der Waals surface area contributed by atoms with Gasteiger partial charge in [-0.2, -0.15) is 0 Å². The van der Waals surface area contributed by atoms with E-state index in [-0.39, 0.29) is 5.54 Å². The van der Waals surface area contributed by atoms with E-state index in [0.717, 1.165) is 19.5 Å². The fourth-order valence-electron chi connectivity index (χ4n) is 1.48. The molecule has 2 N–H and O–H groups in total. The maximum atomic E-state index is 5.97. The van der Waals surface area contributed by atoms with Crippen LogP contribution in [0.25, 0.3) is 0 Å². The first kappa shape index (κ1) is 13.7. The summed E-state index contributed by atoms with van der Waals surface area (Å²) in [6.45, 7) is 6.11. The lowest BCUT2D eigenvalue weighted by Crippen LogP contribution is -2.36. The fraction of sp³-hybridized carbons (Fsp3) is 0.538. The van der Waals surface area contributed by atoms with Crippen LogP contribution in [0.15, 0.2) is 28.7 Å². The van der Waals surface area contributed by atoms with Crippen LogP contribution in [0.4, 0.5) is 0 Å². The molecule has 0 aliphatic carbocycles. The molecule has 0 bridgehead atoms. The molecule has 0 amide bonds. The Morgan fingerprint density at radius 2 is 1.94 bits per heavy atom. The molecule has 0 heterocycles. The largest absolute Gasteiger partial charge is 0.326 e. The van der Waals surface area contributed by atoms with Gasteiger partial charge in [0.1, 0.15) is 0 Å². The van der Waals surface area contributed by atoms with Crippen molar-refractivity contribution in [2.75, 3.05) is 13.6 Å². The molecular weight excluding hydrogens is 264 g/mol. The fourth-order valence-corrected chi connectivity index (χ4v) is 1.89. The lowest BCUT2D eigenvalue weighted by molar-refractivity contribution is 0.288. The van der Waals surface area contributed by atoms with Gasteiger partial charge in [-0.1, -0.05) is 34.1 Å². The second kappa shape index (κ2) is 5.80. The molecule has 0 atom stereocenters. The zero-order valence-corrected chi connectivity index (χ0v) is 11.9. The lowest BCUT2D eigenvalue weighted by atomic mass is 10.0. The third-order valence-electron chi connectivity index (χ3n) is 2.54. The molecule has 1 aromatic carbocycles. The quantitative estimate of drug-likeness (QED) is 0.901. The molecule has 2 nitrogen and oxygen atoms in total. The molecule has 90 valence electrons. The first-order valence-electron chi connectivity index (χ1n) is 5.59. The summed E-state index contributed by atoms with van der Waals surface area (Å²) in [5.74, 6) is 0. The normalized spacial score (nSPS) is 12.1. The van der Waals surface area contributed by atoms with Crippen molar-refractivity contribution in [3.63, 3.8) is 0 Å². The minimum Gasteiger partial charge on any atom is -0.326 e. The first-order valence-corrected chi connectivity index (χ1v) is 6.38. The van der Waals surface area contributed by atoms with Gasteiger partial charge in [-0.15, -0.1) is 0 Å². The molecule has 16 heavy (non-hydrogen) atoms. The van der Waals surface area contributed by atoms with Gasteiger partial charge >= 0.3 is 0 Å². The van der Waals surface area contributed by atoms with E-state index in [2.05, 4.69) is 59.9 Å². The van der Waals surface area contributed by atoms with Gasteiger partial charge in [0.2, 0.25) is 0 Å². The van der Waals surface area contributed by atoms with Gasteiger partial charge in [-0.05, 0) is 45.5 Å². The Balaban J connectivity index is 2.46. The zero-order valence-electron chi connectivity index (χ0n) is 10.3. The molecule has 0 unspecified atom stereocenters. The highest BCUT2D eigenvalue weighted by Crippen LogP contribution is 2.17. The van der Waals surface area contributed by atoms with Crippen molar-refractivity contribution in [3.8, 4) is 0 Å². The summed E-state index contributed by atoms with van der Waals surface area (Å²) >= 11 is 3.56. The summed E-state index contributed by atoms with van der Waals surface area (Å²) in [5, 5.41) is 0. The number of nitrogens with zero attached hydrogens (tertiary/aromatic N) is 1. The molecule has 0 aliphatic rings. The van der Waals surface area contributed by atoms with Crippen molar-refractivity contribution in [1.82, 2.24) is 4.90 Å². The molecule has 0 saturated carbocycles. The van der Waals surface area contributed by atoms with Gasteiger partial charge in [0.15, 0.2) is 0 Å². The Kier molecular flexibility index (Phi) is 4.96. The maximum absolute atomic E-state index is 5.97. The van der Waals surface area contributed by atoms with Gasteiger partial charge in [0, 0.05) is 16.6 Å². The zero-order chi connectivity index (χ0) is 12.2. The molecule has 0 spiro atoms. The minimum atomic E-state index is -0.0812. The van der Waals surface area contributed by atoms with E-state index in [1.165, 1.54) is 10.0 Å². The first-order chi connectivity index (χ1) is 7.38. The Hall–Kier alpha value is -0.380. The van der Waals surface area contributed by atoms with E-state index in [1.54, 1.807) is 0 Å². The van der Waals surface area contributed by atoms with Crippen molar-refractivity contribution in [1.29, 1.82) is 0 Å². The Morgan fingerprint density at radius 3 is 2.50 bits per heavy atom. The Morgan fingerprint density at radius 1 is 1.31 bits per heavy atom. The van der Waals surface area contributed by atoms with E-state index < -0.39 is 0 Å². The highest BCUT2D eigenvalue weighted by Gasteiger charge is 2.12. The third kappa shape index (κ3) is 5.10. The third-order valence-corrected chi connectivity index (χ3v) is 3.31. The molecule has 0 aromatic heterocycles. The summed E-state index contributed by atoms with van der Waals surface area (Å²) in [4.78, 5) is 2.30. The maximum Gasteiger partial charge on any atom is 0.0241 e. The van der Waals surface area contributed by atoms with Crippen LogP contribution in [-0.2, 0) is 6.54 Å². The van der Waals surface area contributed by atoms with Gasteiger partial charge in [0.05, 0.1) is 0 Å². The Bertz CT molecular complexity index is 331. The summed E-state index contributed by atoms with van der Waals surface area (Å²) in [7, 11) is 2.13. The molecule has 1 rings (SSSR count). The van der Waals surface area contributed by atoms with Crippen LogP contribution < -0.4 is 5.73 Å². The smallest absolute Gasteiger partial charge is 0.0241 e. The van der Waals surface area contributed by atoms with Crippen molar-refractivity contribution >= 4 is 15.9 Å². The lowest BCUT2D eigenvalue weighted by Gasteiger charge is -2.23. The number of hydrogen-bond donors (Lipinski definition) is 1. The second-order valence-electron chi connectivity index (χ2n) is 5.07. The SMILES string of the molecule is CN(CCC(C)(C)N)Cc1ccccc1Br. The number of nitrogens with two attached hydrogens (primary N) is 1. The van der Waals surface area contributed by atoms with E-state index in [1.807, 2.05) is 6.07 Å². The van der Waals surface area contributed by atoms with Gasteiger partial charge in [-0.25, -0.2) is 0 Å². The molecule has 0 fully saturated rings. The van der Waals surface area contributed by atoms with Gasteiger partial charge in [-0.3, -0.25) is 0 Å². The average molecular weight is 285 g/mol. The Labute approximate surface area is 107 Å².